The van der Waals surface area contributed by atoms with Crippen molar-refractivity contribution in [3.05, 3.63) is 57.1 Å². The lowest BCUT2D eigenvalue weighted by atomic mass is 9.98. The Hall–Kier alpha value is -3.13. The summed E-state index contributed by atoms with van der Waals surface area (Å²) in [4.78, 5) is 37.7. The van der Waals surface area contributed by atoms with Crippen molar-refractivity contribution in [3.8, 4) is 0 Å². The number of amides is 2. The smallest absolute Gasteiger partial charge is 0.293 e. The van der Waals surface area contributed by atoms with Crippen LogP contribution in [0.2, 0.25) is 5.02 Å². The van der Waals surface area contributed by atoms with Crippen LogP contribution >= 0.6 is 11.6 Å². The fourth-order valence-corrected chi connectivity index (χ4v) is 3.89. The van der Waals surface area contributed by atoms with Gasteiger partial charge in [-0.3, -0.25) is 19.7 Å². The molecule has 8 nitrogen and oxygen atoms in total. The van der Waals surface area contributed by atoms with Crippen molar-refractivity contribution in [2.24, 2.45) is 5.92 Å². The second kappa shape index (κ2) is 10.5. The van der Waals surface area contributed by atoms with Crippen LogP contribution in [0.1, 0.15) is 49.9 Å². The maximum Gasteiger partial charge on any atom is 0.293 e. The number of hydrogen-bond acceptors (Lipinski definition) is 5. The maximum absolute atomic E-state index is 12.7. The summed E-state index contributed by atoms with van der Waals surface area (Å²) in [6.45, 7) is 5.60. The second-order valence-corrected chi connectivity index (χ2v) is 8.48. The van der Waals surface area contributed by atoms with E-state index in [0.29, 0.717) is 29.4 Å². The van der Waals surface area contributed by atoms with E-state index in [1.807, 2.05) is 11.8 Å². The third-order valence-electron chi connectivity index (χ3n) is 5.54. The molecule has 1 aliphatic rings. The summed E-state index contributed by atoms with van der Waals surface area (Å²) in [5, 5.41) is 17.4. The molecule has 2 N–H and O–H groups in total. The number of carbonyl (C=O) groups is 2. The Morgan fingerprint density at radius 3 is 2.50 bits per heavy atom. The van der Waals surface area contributed by atoms with Crippen LogP contribution in [0, 0.1) is 16.0 Å². The van der Waals surface area contributed by atoms with E-state index in [1.54, 1.807) is 24.3 Å². The monoisotopic (exact) mass is 458 g/mol. The van der Waals surface area contributed by atoms with Crippen molar-refractivity contribution >= 4 is 46.2 Å². The van der Waals surface area contributed by atoms with Crippen molar-refractivity contribution in [1.29, 1.82) is 0 Å². The number of carbonyl (C=O) groups excluding carboxylic acids is 2. The normalized spacial score (nSPS) is 14.2. The minimum atomic E-state index is -0.481. The molecule has 0 aromatic heterocycles. The summed E-state index contributed by atoms with van der Waals surface area (Å²) >= 11 is 6.23. The molecule has 3 rings (SSSR count). The van der Waals surface area contributed by atoms with Gasteiger partial charge in [0, 0.05) is 36.8 Å². The first kappa shape index (κ1) is 23.5. The van der Waals surface area contributed by atoms with Gasteiger partial charge in [-0.1, -0.05) is 25.4 Å². The number of rotatable bonds is 7. The van der Waals surface area contributed by atoms with Crippen LogP contribution in [0.15, 0.2) is 36.4 Å². The fraction of sp³-hybridized carbons (Fsp3) is 0.391. The van der Waals surface area contributed by atoms with E-state index in [0.717, 1.165) is 32.4 Å². The summed E-state index contributed by atoms with van der Waals surface area (Å²) in [5.74, 6) is -0.0129. The predicted octanol–water partition coefficient (Wildman–Crippen LogP) is 5.48. The van der Waals surface area contributed by atoms with Gasteiger partial charge < -0.3 is 15.5 Å². The number of nitro groups is 1. The van der Waals surface area contributed by atoms with Crippen molar-refractivity contribution in [2.75, 3.05) is 28.6 Å². The third kappa shape index (κ3) is 5.76. The summed E-state index contributed by atoms with van der Waals surface area (Å²) in [7, 11) is 0. The minimum Gasteiger partial charge on any atom is -0.366 e. The highest BCUT2D eigenvalue weighted by atomic mass is 35.5. The lowest BCUT2D eigenvalue weighted by Gasteiger charge is -2.31. The highest BCUT2D eigenvalue weighted by Gasteiger charge is 2.25. The molecular formula is C23H27ClN4O4. The van der Waals surface area contributed by atoms with Gasteiger partial charge in [0.2, 0.25) is 5.91 Å². The first-order valence-corrected chi connectivity index (χ1v) is 11.1. The van der Waals surface area contributed by atoms with Gasteiger partial charge in [0.05, 0.1) is 15.6 Å². The molecule has 9 heteroatoms. The van der Waals surface area contributed by atoms with Gasteiger partial charge in [-0.2, -0.15) is 0 Å². The quantitative estimate of drug-likeness (QED) is 0.422. The van der Waals surface area contributed by atoms with Crippen LogP contribution < -0.4 is 15.5 Å². The Labute approximate surface area is 192 Å². The number of nitrogens with one attached hydrogen (secondary N) is 2. The molecule has 2 aromatic carbocycles. The highest BCUT2D eigenvalue weighted by Crippen LogP contribution is 2.33. The molecule has 2 aromatic rings. The van der Waals surface area contributed by atoms with Crippen LogP contribution in [-0.4, -0.2) is 29.8 Å². The molecule has 2 amide bonds. The van der Waals surface area contributed by atoms with Gasteiger partial charge in [-0.25, -0.2) is 0 Å². The van der Waals surface area contributed by atoms with Gasteiger partial charge in [0.1, 0.15) is 5.69 Å². The molecule has 0 saturated carbocycles. The van der Waals surface area contributed by atoms with Crippen molar-refractivity contribution < 1.29 is 14.5 Å². The Morgan fingerprint density at radius 1 is 1.16 bits per heavy atom. The molecule has 0 aliphatic carbocycles. The number of benzene rings is 2. The largest absolute Gasteiger partial charge is 0.366 e. The minimum absolute atomic E-state index is 0.0841. The number of hydrogen-bond donors (Lipinski definition) is 2. The van der Waals surface area contributed by atoms with E-state index >= 15 is 0 Å². The molecule has 0 bridgehead atoms. The molecule has 0 spiro atoms. The molecule has 0 atom stereocenters. The zero-order chi connectivity index (χ0) is 23.3. The molecule has 1 heterocycles. The van der Waals surface area contributed by atoms with Crippen LogP contribution in [0.3, 0.4) is 0 Å². The van der Waals surface area contributed by atoms with Crippen molar-refractivity contribution in [3.63, 3.8) is 0 Å². The summed E-state index contributed by atoms with van der Waals surface area (Å²) < 4.78 is 0. The van der Waals surface area contributed by atoms with E-state index in [-0.39, 0.29) is 22.2 Å². The third-order valence-corrected chi connectivity index (χ3v) is 5.85. The maximum atomic E-state index is 12.7. The number of halogens is 1. The molecule has 170 valence electrons. The first-order chi connectivity index (χ1) is 15.3. The Kier molecular flexibility index (Phi) is 7.69. The second-order valence-electron chi connectivity index (χ2n) is 8.08. The number of nitro benzene ring substituents is 1. The molecular weight excluding hydrogens is 432 g/mol. The van der Waals surface area contributed by atoms with Crippen LogP contribution in [0.5, 0.6) is 0 Å². The van der Waals surface area contributed by atoms with Crippen LogP contribution in [0.4, 0.5) is 22.7 Å². The summed E-state index contributed by atoms with van der Waals surface area (Å²) in [6, 6.07) is 9.29. The van der Waals surface area contributed by atoms with E-state index in [1.165, 1.54) is 12.1 Å². The number of anilines is 3. The van der Waals surface area contributed by atoms with E-state index < -0.39 is 10.8 Å². The first-order valence-electron chi connectivity index (χ1n) is 10.7. The van der Waals surface area contributed by atoms with Crippen LogP contribution in [0.25, 0.3) is 0 Å². The molecule has 0 radical (unpaired) electrons. The van der Waals surface area contributed by atoms with Gasteiger partial charge >= 0.3 is 0 Å². The van der Waals surface area contributed by atoms with Gasteiger partial charge in [0.25, 0.3) is 11.6 Å². The summed E-state index contributed by atoms with van der Waals surface area (Å²) in [5.41, 5.74) is 1.51. The average molecular weight is 459 g/mol. The Morgan fingerprint density at radius 2 is 1.88 bits per heavy atom. The lowest BCUT2D eigenvalue weighted by Crippen LogP contribution is -2.33. The molecule has 1 aliphatic heterocycles. The molecule has 32 heavy (non-hydrogen) atoms. The zero-order valence-corrected chi connectivity index (χ0v) is 18.9. The van der Waals surface area contributed by atoms with E-state index in [2.05, 4.69) is 17.6 Å². The average Bonchev–Trinajstić information content (AvgIpc) is 2.76. The zero-order valence-electron chi connectivity index (χ0n) is 18.2. The molecule has 0 unspecified atom stereocenters. The highest BCUT2D eigenvalue weighted by molar-refractivity contribution is 6.34. The Balaban J connectivity index is 1.75. The fourth-order valence-electron chi connectivity index (χ4n) is 3.67. The SMILES string of the molecule is CCCC(=O)Nc1ccc(NC(=O)c2ccc(N3CCC(C)CC3)c([N+](=O)[O-])c2)cc1Cl. The van der Waals surface area contributed by atoms with E-state index in [9.17, 15) is 19.7 Å². The molecule has 1 fully saturated rings. The van der Waals surface area contributed by atoms with Crippen molar-refractivity contribution in [2.45, 2.75) is 39.5 Å². The van der Waals surface area contributed by atoms with Crippen molar-refractivity contribution in [1.82, 2.24) is 0 Å². The Bertz CT molecular complexity index is 1020. The standard InChI is InChI=1S/C23H27ClN4O4/c1-3-4-22(29)26-19-7-6-17(14-18(19)24)25-23(30)16-5-8-20(21(13-16)28(31)32)27-11-9-15(2)10-12-27/h5-8,13-15H,3-4,9-12H2,1-2H3,(H,25,30)(H,26,29). The van der Waals surface area contributed by atoms with E-state index in [4.69, 9.17) is 11.6 Å². The van der Waals surface area contributed by atoms with Crippen LogP contribution in [-0.2, 0) is 4.79 Å². The lowest BCUT2D eigenvalue weighted by molar-refractivity contribution is -0.384. The number of piperidine rings is 1. The summed E-state index contributed by atoms with van der Waals surface area (Å²) in [6.07, 6.45) is 3.07. The topological polar surface area (TPSA) is 105 Å². The van der Waals surface area contributed by atoms with Gasteiger partial charge in [0.15, 0.2) is 0 Å². The van der Waals surface area contributed by atoms with Gasteiger partial charge in [-0.05, 0) is 55.5 Å². The predicted molar refractivity (Wildman–Crippen MR) is 127 cm³/mol. The molecule has 1 saturated heterocycles. The number of nitrogens with zero attached hydrogens (tertiary/aromatic N) is 2. The van der Waals surface area contributed by atoms with Gasteiger partial charge in [-0.15, -0.1) is 0 Å².